The number of nitrogens with one attached hydrogen (secondary N) is 4. The average molecular weight is 802 g/mol. The zero-order valence-corrected chi connectivity index (χ0v) is 32.2. The molecule has 304 valence electrons. The molecule has 1 atom stereocenters. The van der Waals surface area contributed by atoms with Crippen LogP contribution in [0.5, 0.6) is 0 Å². The van der Waals surface area contributed by atoms with Gasteiger partial charge in [-0.05, 0) is 67.3 Å². The van der Waals surface area contributed by atoms with Crippen LogP contribution in [0.3, 0.4) is 0 Å². The highest BCUT2D eigenvalue weighted by Gasteiger charge is 2.44. The van der Waals surface area contributed by atoms with Crippen LogP contribution >= 0.6 is 0 Å². The van der Waals surface area contributed by atoms with Crippen molar-refractivity contribution < 1.29 is 33.2 Å². The molecule has 6 heterocycles. The van der Waals surface area contributed by atoms with Gasteiger partial charge in [0.25, 0.3) is 11.8 Å². The molecule has 0 radical (unpaired) electrons. The molecular formula is C41H43N11O7. The van der Waals surface area contributed by atoms with Crippen LogP contribution in [0, 0.1) is 0 Å². The highest BCUT2D eigenvalue weighted by Crippen LogP contribution is 2.30. The SMILES string of the molecule is O=C(CNc1ccc2c(c1)C(=O)N(C1CCC(=O)NC1=O)C2=O)NCCCCCC(=O)N1CCN(c2ccc(-c3cnc(NCc4ccco4)n4cnnc34)cc2)CC1. The van der Waals surface area contributed by atoms with Crippen LogP contribution in [0.15, 0.2) is 77.8 Å². The van der Waals surface area contributed by atoms with Gasteiger partial charge in [-0.15, -0.1) is 10.2 Å². The predicted molar refractivity (Wildman–Crippen MR) is 214 cm³/mol. The van der Waals surface area contributed by atoms with Gasteiger partial charge in [0.2, 0.25) is 29.6 Å². The maximum atomic E-state index is 13.1. The lowest BCUT2D eigenvalue weighted by Gasteiger charge is -2.36. The second kappa shape index (κ2) is 17.2. The van der Waals surface area contributed by atoms with Gasteiger partial charge in [-0.3, -0.25) is 43.4 Å². The lowest BCUT2D eigenvalue weighted by molar-refractivity contribution is -0.136. The Balaban J connectivity index is 0.718. The minimum Gasteiger partial charge on any atom is -0.467 e. The molecule has 5 aromatic rings. The maximum absolute atomic E-state index is 13.1. The molecule has 18 heteroatoms. The molecule has 4 N–H and O–H groups in total. The summed E-state index contributed by atoms with van der Waals surface area (Å²) in [7, 11) is 0. The second-order valence-corrected chi connectivity index (χ2v) is 14.6. The number of aromatic nitrogens is 4. The Kier molecular flexibility index (Phi) is 11.3. The van der Waals surface area contributed by atoms with E-state index in [-0.39, 0.29) is 42.3 Å². The lowest BCUT2D eigenvalue weighted by atomic mass is 10.0. The fourth-order valence-corrected chi connectivity index (χ4v) is 7.59. The Morgan fingerprint density at radius 2 is 1.69 bits per heavy atom. The van der Waals surface area contributed by atoms with Crippen molar-refractivity contribution in [2.24, 2.45) is 0 Å². The van der Waals surface area contributed by atoms with Crippen LogP contribution in [-0.2, 0) is 25.7 Å². The summed E-state index contributed by atoms with van der Waals surface area (Å²) in [6, 6.07) is 15.5. The van der Waals surface area contributed by atoms with Crippen LogP contribution in [0.4, 0.5) is 17.3 Å². The van der Waals surface area contributed by atoms with Crippen molar-refractivity contribution in [1.29, 1.82) is 0 Å². The third-order valence-corrected chi connectivity index (χ3v) is 10.8. The first-order valence-electron chi connectivity index (χ1n) is 19.7. The summed E-state index contributed by atoms with van der Waals surface area (Å²) in [6.45, 7) is 3.66. The van der Waals surface area contributed by atoms with Crippen molar-refractivity contribution in [1.82, 2.24) is 40.0 Å². The summed E-state index contributed by atoms with van der Waals surface area (Å²) < 4.78 is 7.22. The number of hydrogen-bond acceptors (Lipinski definition) is 13. The number of hydrogen-bond donors (Lipinski definition) is 4. The minimum atomic E-state index is -1.04. The quantitative estimate of drug-likeness (QED) is 0.0886. The summed E-state index contributed by atoms with van der Waals surface area (Å²) in [5.74, 6) is -1.01. The molecule has 0 spiro atoms. The number of fused-ring (bicyclic) bond motifs is 2. The van der Waals surface area contributed by atoms with Crippen LogP contribution in [0.2, 0.25) is 0 Å². The Hall–Kier alpha value is -7.11. The van der Waals surface area contributed by atoms with E-state index < -0.39 is 29.7 Å². The fourth-order valence-electron chi connectivity index (χ4n) is 7.59. The van der Waals surface area contributed by atoms with Gasteiger partial charge in [0.1, 0.15) is 18.1 Å². The fraction of sp³-hybridized carbons (Fsp3) is 0.341. The number of rotatable bonds is 15. The summed E-state index contributed by atoms with van der Waals surface area (Å²) in [4.78, 5) is 85.0. The monoisotopic (exact) mass is 801 g/mol. The Labute approximate surface area is 338 Å². The van der Waals surface area contributed by atoms with Gasteiger partial charge in [0.05, 0.1) is 30.5 Å². The molecule has 3 aliphatic heterocycles. The first-order chi connectivity index (χ1) is 28.7. The molecule has 59 heavy (non-hydrogen) atoms. The topological polar surface area (TPSA) is 216 Å². The molecule has 0 bridgehead atoms. The number of imide groups is 2. The molecule has 3 aliphatic rings. The molecule has 6 amide bonds. The van der Waals surface area contributed by atoms with E-state index in [4.69, 9.17) is 4.42 Å². The van der Waals surface area contributed by atoms with E-state index >= 15 is 0 Å². The van der Waals surface area contributed by atoms with Crippen LogP contribution in [0.25, 0.3) is 16.8 Å². The van der Waals surface area contributed by atoms with Crippen LogP contribution < -0.4 is 26.2 Å². The molecular weight excluding hydrogens is 759 g/mol. The molecule has 8 rings (SSSR count). The summed E-state index contributed by atoms with van der Waals surface area (Å²) >= 11 is 0. The van der Waals surface area contributed by atoms with Crippen LogP contribution in [-0.4, -0.2) is 110 Å². The maximum Gasteiger partial charge on any atom is 0.262 e. The Morgan fingerprint density at radius 3 is 2.47 bits per heavy atom. The van der Waals surface area contributed by atoms with E-state index in [1.54, 1.807) is 24.9 Å². The Bertz CT molecular complexity index is 2390. The van der Waals surface area contributed by atoms with E-state index in [2.05, 4.69) is 65.6 Å². The van der Waals surface area contributed by atoms with Gasteiger partial charge in [0, 0.05) is 68.7 Å². The summed E-state index contributed by atoms with van der Waals surface area (Å²) in [5, 5.41) is 19.7. The number of piperazine rings is 1. The van der Waals surface area contributed by atoms with E-state index in [9.17, 15) is 28.8 Å². The lowest BCUT2D eigenvalue weighted by Crippen LogP contribution is -2.54. The first kappa shape index (κ1) is 38.7. The molecule has 2 aromatic carbocycles. The van der Waals surface area contributed by atoms with Crippen molar-refractivity contribution in [2.75, 3.05) is 54.8 Å². The number of anilines is 3. The molecule has 2 fully saturated rings. The number of amides is 6. The molecule has 3 aromatic heterocycles. The number of benzene rings is 2. The van der Waals surface area contributed by atoms with Crippen molar-refractivity contribution >= 4 is 58.4 Å². The first-order valence-corrected chi connectivity index (χ1v) is 19.7. The minimum absolute atomic E-state index is 0.0412. The van der Waals surface area contributed by atoms with Gasteiger partial charge in [-0.2, -0.15) is 0 Å². The van der Waals surface area contributed by atoms with Gasteiger partial charge in [-0.25, -0.2) is 4.98 Å². The summed E-state index contributed by atoms with van der Waals surface area (Å²) in [5.41, 5.74) is 4.38. The van der Waals surface area contributed by atoms with Gasteiger partial charge in [-0.1, -0.05) is 18.6 Å². The van der Waals surface area contributed by atoms with Gasteiger partial charge in [0.15, 0.2) is 5.65 Å². The summed E-state index contributed by atoms with van der Waals surface area (Å²) in [6.07, 6.45) is 7.86. The van der Waals surface area contributed by atoms with E-state index in [1.165, 1.54) is 12.1 Å². The molecule has 0 aliphatic carbocycles. The zero-order chi connectivity index (χ0) is 40.9. The third kappa shape index (κ3) is 8.46. The highest BCUT2D eigenvalue weighted by atomic mass is 16.3. The van der Waals surface area contributed by atoms with E-state index in [0.717, 1.165) is 59.8 Å². The normalized spacial score (nSPS) is 16.7. The van der Waals surface area contributed by atoms with E-state index in [0.29, 0.717) is 49.9 Å². The predicted octanol–water partition coefficient (Wildman–Crippen LogP) is 2.83. The Morgan fingerprint density at radius 1 is 0.881 bits per heavy atom. The third-order valence-electron chi connectivity index (χ3n) is 10.8. The molecule has 1 unspecified atom stereocenters. The number of nitrogens with zero attached hydrogens (tertiary/aromatic N) is 7. The number of piperidine rings is 1. The van der Waals surface area contributed by atoms with Crippen molar-refractivity contribution in [3.05, 3.63) is 90.3 Å². The average Bonchev–Trinajstić information content (AvgIpc) is 4.02. The number of unbranched alkanes of at least 4 members (excludes halogenated alkanes) is 2. The molecule has 0 saturated carbocycles. The van der Waals surface area contributed by atoms with Crippen LogP contribution in [0.1, 0.15) is 65.0 Å². The standard InChI is InChI=1S/C41H43N11O7/c53-34-14-13-33(38(56)47-34)52-39(57)30-12-9-27(21-31(30)40(52)58)43-24-35(54)42-15-3-1-2-6-36(55)50-18-16-49(17-19-50)28-10-7-26(8-11-28)32-23-45-41(51-25-46-48-37(32)51)44-22-29-5-4-20-59-29/h4-5,7-12,20-21,23,25,33,43H,1-3,6,13-19,22,24H2,(H,42,54)(H,44,45)(H,47,53,56). The van der Waals surface area contributed by atoms with Crippen molar-refractivity contribution in [3.63, 3.8) is 0 Å². The smallest absolute Gasteiger partial charge is 0.262 e. The van der Waals surface area contributed by atoms with Gasteiger partial charge >= 0.3 is 0 Å². The highest BCUT2D eigenvalue weighted by molar-refractivity contribution is 6.23. The van der Waals surface area contributed by atoms with Crippen molar-refractivity contribution in [2.45, 2.75) is 51.1 Å². The van der Waals surface area contributed by atoms with Crippen molar-refractivity contribution in [3.8, 4) is 11.1 Å². The van der Waals surface area contributed by atoms with E-state index in [1.807, 2.05) is 21.4 Å². The zero-order valence-electron chi connectivity index (χ0n) is 32.2. The number of carbonyl (C=O) groups is 6. The van der Waals surface area contributed by atoms with Gasteiger partial charge < -0.3 is 30.2 Å². The molecule has 2 saturated heterocycles. The number of furan rings is 1. The largest absolute Gasteiger partial charge is 0.467 e. The second-order valence-electron chi connectivity index (χ2n) is 14.6. The number of carbonyl (C=O) groups excluding carboxylic acids is 6. The molecule has 18 nitrogen and oxygen atoms in total.